The highest BCUT2D eigenvalue weighted by Gasteiger charge is 2.21. The number of nitrogens with zero attached hydrogens (tertiary/aromatic N) is 3. The predicted molar refractivity (Wildman–Crippen MR) is 128 cm³/mol. The summed E-state index contributed by atoms with van der Waals surface area (Å²) in [5.74, 6) is 0.734. The topological polar surface area (TPSA) is 93.7 Å². The zero-order valence-electron chi connectivity index (χ0n) is 19.2. The molecule has 0 bridgehead atoms. The minimum absolute atomic E-state index is 0.0921. The summed E-state index contributed by atoms with van der Waals surface area (Å²) in [6.45, 7) is 5.06. The number of aldehydes is 1. The second-order valence-electron chi connectivity index (χ2n) is 7.70. The van der Waals surface area contributed by atoms with Crippen LogP contribution in [0.3, 0.4) is 0 Å². The van der Waals surface area contributed by atoms with Crippen LogP contribution in [0.15, 0.2) is 55.4 Å². The molecule has 0 radical (unpaired) electrons. The maximum Gasteiger partial charge on any atom is 0.256 e. The summed E-state index contributed by atoms with van der Waals surface area (Å²) < 4.78 is 24.9. The number of likely N-dealkylation sites (tertiary alicyclic amines) is 1. The van der Waals surface area contributed by atoms with Gasteiger partial charge in [0, 0.05) is 30.1 Å². The van der Waals surface area contributed by atoms with Gasteiger partial charge in [0.2, 0.25) is 0 Å². The molecule has 8 nitrogen and oxygen atoms in total. The normalized spacial score (nSPS) is 14.0. The molecule has 1 amide bonds. The molecule has 1 aromatic heterocycles. The number of methoxy groups -OCH3 is 1. The van der Waals surface area contributed by atoms with Crippen LogP contribution < -0.4 is 14.8 Å². The van der Waals surface area contributed by atoms with Gasteiger partial charge in [0.05, 0.1) is 12.6 Å². The maximum atomic E-state index is 13.1. The van der Waals surface area contributed by atoms with Crippen LogP contribution in [0.1, 0.15) is 23.2 Å². The fourth-order valence-electron chi connectivity index (χ4n) is 3.48. The first-order chi connectivity index (χ1) is 16.4. The number of piperidine rings is 1. The molecule has 1 N–H and O–H groups in total. The van der Waals surface area contributed by atoms with E-state index >= 15 is 0 Å². The Labute approximate surface area is 197 Å². The molecule has 1 aliphatic heterocycles. The van der Waals surface area contributed by atoms with Gasteiger partial charge in [0.15, 0.2) is 11.5 Å². The molecular formula is C25H27FN4O4. The Morgan fingerprint density at radius 2 is 1.85 bits per heavy atom. The van der Waals surface area contributed by atoms with Crippen LogP contribution in [0.4, 0.5) is 10.2 Å². The van der Waals surface area contributed by atoms with Crippen molar-refractivity contribution in [2.24, 2.45) is 0 Å². The van der Waals surface area contributed by atoms with E-state index in [4.69, 9.17) is 14.3 Å². The van der Waals surface area contributed by atoms with E-state index in [-0.39, 0.29) is 12.0 Å². The molecule has 0 atom stereocenters. The van der Waals surface area contributed by atoms with Crippen molar-refractivity contribution in [2.45, 2.75) is 18.9 Å². The molecule has 0 unspecified atom stereocenters. The molecule has 0 saturated carbocycles. The summed E-state index contributed by atoms with van der Waals surface area (Å²) in [4.78, 5) is 32.4. The first-order valence-corrected chi connectivity index (χ1v) is 10.8. The van der Waals surface area contributed by atoms with Gasteiger partial charge >= 0.3 is 0 Å². The van der Waals surface area contributed by atoms with Gasteiger partial charge in [-0.25, -0.2) is 14.4 Å². The van der Waals surface area contributed by atoms with Gasteiger partial charge in [-0.2, -0.15) is 0 Å². The molecule has 0 spiro atoms. The second-order valence-corrected chi connectivity index (χ2v) is 7.70. The number of nitrogens with one attached hydrogen (secondary N) is 1. The van der Waals surface area contributed by atoms with E-state index in [0.717, 1.165) is 25.9 Å². The van der Waals surface area contributed by atoms with Gasteiger partial charge in [0.1, 0.15) is 30.4 Å². The van der Waals surface area contributed by atoms with Crippen LogP contribution in [0.25, 0.3) is 10.9 Å². The average Bonchev–Trinajstić information content (AvgIpc) is 2.86. The fraction of sp³-hybridized carbons (Fsp3) is 0.280. The third kappa shape index (κ3) is 6.35. The Hall–Kier alpha value is -3.85. The summed E-state index contributed by atoms with van der Waals surface area (Å²) in [5.41, 5.74) is 0.950. The zero-order valence-corrected chi connectivity index (χ0v) is 19.2. The number of ether oxygens (including phenoxy) is 2. The van der Waals surface area contributed by atoms with Crippen molar-refractivity contribution in [3.05, 3.63) is 66.8 Å². The number of anilines is 1. The molecule has 0 aliphatic carbocycles. The van der Waals surface area contributed by atoms with E-state index < -0.39 is 5.82 Å². The minimum Gasteiger partial charge on any atom is -0.493 e. The Morgan fingerprint density at radius 3 is 2.47 bits per heavy atom. The molecule has 2 aromatic carbocycles. The first kappa shape index (κ1) is 24.8. The number of hydrogen-bond donors (Lipinski definition) is 1. The highest BCUT2D eigenvalue weighted by Crippen LogP contribution is 2.35. The molecule has 2 heterocycles. The fourth-order valence-corrected chi connectivity index (χ4v) is 3.48. The van der Waals surface area contributed by atoms with Crippen LogP contribution in [-0.4, -0.2) is 60.4 Å². The number of amides is 1. The lowest BCUT2D eigenvalue weighted by Crippen LogP contribution is -2.35. The number of benzene rings is 2. The van der Waals surface area contributed by atoms with Crippen molar-refractivity contribution < 1.29 is 23.5 Å². The lowest BCUT2D eigenvalue weighted by Gasteiger charge is -2.29. The highest BCUT2D eigenvalue weighted by molar-refractivity contribution is 6.07. The van der Waals surface area contributed by atoms with Gasteiger partial charge in [-0.15, -0.1) is 0 Å². The summed E-state index contributed by atoms with van der Waals surface area (Å²) in [6, 6.07) is 8.90. The predicted octanol–water partition coefficient (Wildman–Crippen LogP) is 3.87. The lowest BCUT2D eigenvalue weighted by atomic mass is 10.1. The Bertz CT molecular complexity index is 1140. The molecule has 3 aromatic rings. The van der Waals surface area contributed by atoms with Crippen molar-refractivity contribution >= 4 is 28.9 Å². The smallest absolute Gasteiger partial charge is 0.256 e. The summed E-state index contributed by atoms with van der Waals surface area (Å²) in [5, 5.41) is 3.42. The van der Waals surface area contributed by atoms with Crippen LogP contribution in [0.2, 0.25) is 0 Å². The minimum atomic E-state index is -0.401. The lowest BCUT2D eigenvalue weighted by molar-refractivity contribution is -0.104. The molecule has 178 valence electrons. The molecule has 1 aliphatic rings. The standard InChI is InChI=1S/C22H23FN4O3.C3H4O/c1-27-9-7-16(8-10-27)30-20-11-17-18(12-19(20)29-2)24-13-25-21(17)26-22(28)14-3-5-15(23)6-4-14;1-2-3-4/h3-6,11-13,16H,7-10H2,1-2H3,(H,24,25,26,28);2-3H,1H2. The van der Waals surface area contributed by atoms with Gasteiger partial charge in [0.25, 0.3) is 5.91 Å². The number of fused-ring (bicyclic) bond motifs is 1. The zero-order chi connectivity index (χ0) is 24.5. The number of halogens is 1. The average molecular weight is 467 g/mol. The van der Waals surface area contributed by atoms with Crippen molar-refractivity contribution in [1.29, 1.82) is 0 Å². The molecular weight excluding hydrogens is 439 g/mol. The largest absolute Gasteiger partial charge is 0.493 e. The number of allylic oxidation sites excluding steroid dienone is 1. The molecule has 9 heteroatoms. The molecule has 1 saturated heterocycles. The van der Waals surface area contributed by atoms with Crippen molar-refractivity contribution in [3.8, 4) is 11.5 Å². The van der Waals surface area contributed by atoms with Crippen molar-refractivity contribution in [3.63, 3.8) is 0 Å². The maximum absolute atomic E-state index is 13.1. The number of carbonyl (C=O) groups is 2. The number of carbonyl (C=O) groups excluding carboxylic acids is 2. The quantitative estimate of drug-likeness (QED) is 0.435. The van der Waals surface area contributed by atoms with Gasteiger partial charge in [-0.05, 0) is 56.3 Å². The summed E-state index contributed by atoms with van der Waals surface area (Å²) >= 11 is 0. The number of rotatable bonds is 6. The Balaban J connectivity index is 0.000000751. The summed E-state index contributed by atoms with van der Waals surface area (Å²) in [7, 11) is 3.68. The van der Waals surface area contributed by atoms with E-state index in [1.165, 1.54) is 36.7 Å². The van der Waals surface area contributed by atoms with Gasteiger partial charge in [-0.1, -0.05) is 6.58 Å². The Morgan fingerprint density at radius 1 is 1.18 bits per heavy atom. The van der Waals surface area contributed by atoms with Crippen LogP contribution in [0.5, 0.6) is 11.5 Å². The molecule has 34 heavy (non-hydrogen) atoms. The molecule has 4 rings (SSSR count). The van der Waals surface area contributed by atoms with E-state index in [2.05, 4.69) is 33.8 Å². The van der Waals surface area contributed by atoms with Crippen LogP contribution >= 0.6 is 0 Å². The molecule has 1 fully saturated rings. The Kier molecular flexibility index (Phi) is 8.64. The van der Waals surface area contributed by atoms with Crippen LogP contribution in [0, 0.1) is 5.82 Å². The monoisotopic (exact) mass is 466 g/mol. The van der Waals surface area contributed by atoms with Gasteiger partial charge in [-0.3, -0.25) is 9.59 Å². The van der Waals surface area contributed by atoms with E-state index in [1.807, 2.05) is 0 Å². The van der Waals surface area contributed by atoms with E-state index in [0.29, 0.717) is 40.1 Å². The van der Waals surface area contributed by atoms with E-state index in [1.54, 1.807) is 19.2 Å². The summed E-state index contributed by atoms with van der Waals surface area (Å²) in [6.07, 6.45) is 5.16. The number of aromatic nitrogens is 2. The third-order valence-corrected chi connectivity index (χ3v) is 5.31. The number of hydrogen-bond acceptors (Lipinski definition) is 7. The van der Waals surface area contributed by atoms with Crippen LogP contribution in [-0.2, 0) is 4.79 Å². The second kappa shape index (κ2) is 11.9. The van der Waals surface area contributed by atoms with Gasteiger partial charge < -0.3 is 19.7 Å². The van der Waals surface area contributed by atoms with Crippen molar-refractivity contribution in [2.75, 3.05) is 32.6 Å². The highest BCUT2D eigenvalue weighted by atomic mass is 19.1. The first-order valence-electron chi connectivity index (χ1n) is 10.8. The van der Waals surface area contributed by atoms with E-state index in [9.17, 15) is 9.18 Å². The SMILES string of the molecule is C=CC=O.COc1cc2ncnc(NC(=O)c3ccc(F)cc3)c2cc1OC1CCN(C)CC1. The van der Waals surface area contributed by atoms with Crippen molar-refractivity contribution in [1.82, 2.24) is 14.9 Å². The third-order valence-electron chi connectivity index (χ3n) is 5.31.